The van der Waals surface area contributed by atoms with E-state index in [0.717, 1.165) is 30.1 Å². The van der Waals surface area contributed by atoms with Crippen LogP contribution in [-0.4, -0.2) is 19.7 Å². The molecule has 0 unspecified atom stereocenters. The Bertz CT molecular complexity index is 629. The lowest BCUT2D eigenvalue weighted by atomic mass is 10.3. The van der Waals surface area contributed by atoms with E-state index in [1.54, 1.807) is 11.6 Å². The minimum Gasteiger partial charge on any atom is -0.309 e. The standard InChI is InChI=1S/C11H11FN4O2S/c1-3-10-13-14-11(15(10)2)19-9-5-4-7(16(17)18)6-8(9)12/h4-6H,3H2,1-2H3. The van der Waals surface area contributed by atoms with E-state index in [0.29, 0.717) is 5.16 Å². The van der Waals surface area contributed by atoms with Crippen LogP contribution in [0.5, 0.6) is 0 Å². The molecule has 0 radical (unpaired) electrons. The molecule has 2 aromatic rings. The fraction of sp³-hybridized carbons (Fsp3) is 0.273. The van der Waals surface area contributed by atoms with Crippen molar-refractivity contribution in [3.8, 4) is 0 Å². The van der Waals surface area contributed by atoms with Gasteiger partial charge in [-0.25, -0.2) is 4.39 Å². The molecule has 0 spiro atoms. The van der Waals surface area contributed by atoms with Crippen LogP contribution in [-0.2, 0) is 13.5 Å². The highest BCUT2D eigenvalue weighted by molar-refractivity contribution is 7.99. The molecule has 1 heterocycles. The molecule has 0 saturated heterocycles. The van der Waals surface area contributed by atoms with Gasteiger partial charge in [0.15, 0.2) is 5.16 Å². The van der Waals surface area contributed by atoms with Crippen LogP contribution in [0.25, 0.3) is 0 Å². The zero-order chi connectivity index (χ0) is 14.0. The molecule has 100 valence electrons. The molecule has 0 fully saturated rings. The summed E-state index contributed by atoms with van der Waals surface area (Å²) in [6.45, 7) is 1.95. The normalized spacial score (nSPS) is 10.7. The maximum Gasteiger partial charge on any atom is 0.272 e. The number of rotatable bonds is 4. The highest BCUT2D eigenvalue weighted by Crippen LogP contribution is 2.30. The topological polar surface area (TPSA) is 73.8 Å². The molecule has 1 aromatic carbocycles. The second-order valence-electron chi connectivity index (χ2n) is 3.79. The zero-order valence-corrected chi connectivity index (χ0v) is 11.1. The lowest BCUT2D eigenvalue weighted by Gasteiger charge is -2.03. The first-order valence-corrected chi connectivity index (χ1v) is 6.34. The van der Waals surface area contributed by atoms with E-state index in [4.69, 9.17) is 0 Å². The predicted octanol–water partition coefficient (Wildman–Crippen LogP) is 2.58. The molecule has 1 aromatic heterocycles. The van der Waals surface area contributed by atoms with Crippen LogP contribution in [0.3, 0.4) is 0 Å². The summed E-state index contributed by atoms with van der Waals surface area (Å²) < 4.78 is 15.5. The summed E-state index contributed by atoms with van der Waals surface area (Å²) in [5.41, 5.74) is -0.269. The summed E-state index contributed by atoms with van der Waals surface area (Å²) in [4.78, 5) is 10.2. The molecule has 0 saturated carbocycles. The SMILES string of the molecule is CCc1nnc(Sc2ccc([N+](=O)[O-])cc2F)n1C. The Morgan fingerprint density at radius 1 is 1.47 bits per heavy atom. The van der Waals surface area contributed by atoms with Gasteiger partial charge >= 0.3 is 0 Å². The molecule has 6 nitrogen and oxygen atoms in total. The number of hydrogen-bond donors (Lipinski definition) is 0. The minimum absolute atomic E-state index is 0.269. The fourth-order valence-electron chi connectivity index (χ4n) is 1.53. The third kappa shape index (κ3) is 2.73. The smallest absolute Gasteiger partial charge is 0.272 e. The van der Waals surface area contributed by atoms with Crippen LogP contribution in [0.4, 0.5) is 10.1 Å². The number of non-ortho nitro benzene ring substituents is 1. The van der Waals surface area contributed by atoms with Crippen molar-refractivity contribution >= 4 is 17.4 Å². The van der Waals surface area contributed by atoms with Crippen molar-refractivity contribution in [3.63, 3.8) is 0 Å². The molecule has 2 rings (SSSR count). The van der Waals surface area contributed by atoms with E-state index in [9.17, 15) is 14.5 Å². The van der Waals surface area contributed by atoms with Crippen LogP contribution < -0.4 is 0 Å². The molecule has 8 heteroatoms. The number of nitro groups is 1. The van der Waals surface area contributed by atoms with Gasteiger partial charge in [0.1, 0.15) is 11.6 Å². The largest absolute Gasteiger partial charge is 0.309 e. The van der Waals surface area contributed by atoms with Gasteiger partial charge in [-0.15, -0.1) is 10.2 Å². The van der Waals surface area contributed by atoms with Gasteiger partial charge in [0.05, 0.1) is 15.9 Å². The highest BCUT2D eigenvalue weighted by Gasteiger charge is 2.14. The van der Waals surface area contributed by atoms with Gasteiger partial charge in [0, 0.05) is 19.5 Å². The van der Waals surface area contributed by atoms with Crippen molar-refractivity contribution in [2.24, 2.45) is 7.05 Å². The van der Waals surface area contributed by atoms with Crippen LogP contribution in [0.2, 0.25) is 0 Å². The lowest BCUT2D eigenvalue weighted by Crippen LogP contribution is -1.97. The van der Waals surface area contributed by atoms with E-state index >= 15 is 0 Å². The Morgan fingerprint density at radius 3 is 2.74 bits per heavy atom. The summed E-state index contributed by atoms with van der Waals surface area (Å²) in [6, 6.07) is 3.54. The maximum absolute atomic E-state index is 13.7. The minimum atomic E-state index is -0.639. The number of benzene rings is 1. The highest BCUT2D eigenvalue weighted by atomic mass is 32.2. The average Bonchev–Trinajstić information content (AvgIpc) is 2.72. The second kappa shape index (κ2) is 5.35. The quantitative estimate of drug-likeness (QED) is 0.636. The second-order valence-corrected chi connectivity index (χ2v) is 4.79. The molecule has 0 aliphatic rings. The number of aromatic nitrogens is 3. The van der Waals surface area contributed by atoms with E-state index in [1.807, 2.05) is 6.92 Å². The first-order valence-electron chi connectivity index (χ1n) is 5.53. The number of nitrogens with zero attached hydrogens (tertiary/aromatic N) is 4. The van der Waals surface area contributed by atoms with Gasteiger partial charge in [0.25, 0.3) is 5.69 Å². The number of hydrogen-bond acceptors (Lipinski definition) is 5. The van der Waals surface area contributed by atoms with E-state index in [2.05, 4.69) is 10.2 Å². The molecule has 19 heavy (non-hydrogen) atoms. The predicted molar refractivity (Wildman–Crippen MR) is 67.6 cm³/mol. The molecule has 0 bridgehead atoms. The van der Waals surface area contributed by atoms with Crippen LogP contribution in [0, 0.1) is 15.9 Å². The van der Waals surface area contributed by atoms with Gasteiger partial charge in [-0.2, -0.15) is 0 Å². The Labute approximate surface area is 112 Å². The molecule has 0 atom stereocenters. The maximum atomic E-state index is 13.7. The van der Waals surface area contributed by atoms with E-state index in [1.165, 1.54) is 12.1 Å². The Kier molecular flexibility index (Phi) is 3.79. The third-order valence-electron chi connectivity index (χ3n) is 2.57. The summed E-state index contributed by atoms with van der Waals surface area (Å²) in [7, 11) is 1.80. The van der Waals surface area contributed by atoms with Crippen molar-refractivity contribution in [1.29, 1.82) is 0 Å². The molecule has 0 aliphatic heterocycles. The summed E-state index contributed by atoms with van der Waals surface area (Å²) in [6.07, 6.45) is 0.729. The van der Waals surface area contributed by atoms with Crippen LogP contribution >= 0.6 is 11.8 Å². The molecule has 0 N–H and O–H groups in total. The van der Waals surface area contributed by atoms with Crippen molar-refractivity contribution in [3.05, 3.63) is 40.0 Å². The van der Waals surface area contributed by atoms with Crippen molar-refractivity contribution in [2.75, 3.05) is 0 Å². The van der Waals surface area contributed by atoms with Crippen molar-refractivity contribution in [2.45, 2.75) is 23.4 Å². The first-order chi connectivity index (χ1) is 9.02. The van der Waals surface area contributed by atoms with E-state index in [-0.39, 0.29) is 10.6 Å². The average molecular weight is 282 g/mol. The first kappa shape index (κ1) is 13.5. The molecule has 0 aliphatic carbocycles. The number of aryl methyl sites for hydroxylation is 1. The number of halogens is 1. The van der Waals surface area contributed by atoms with Crippen LogP contribution in [0.15, 0.2) is 28.3 Å². The van der Waals surface area contributed by atoms with Crippen LogP contribution in [0.1, 0.15) is 12.7 Å². The summed E-state index contributed by atoms with van der Waals surface area (Å²) in [5, 5.41) is 19.0. The zero-order valence-electron chi connectivity index (χ0n) is 10.3. The van der Waals surface area contributed by atoms with Crippen molar-refractivity contribution < 1.29 is 9.31 Å². The number of nitro benzene ring substituents is 1. The Morgan fingerprint density at radius 2 is 2.21 bits per heavy atom. The van der Waals surface area contributed by atoms with Gasteiger partial charge in [-0.1, -0.05) is 6.92 Å². The van der Waals surface area contributed by atoms with E-state index < -0.39 is 10.7 Å². The van der Waals surface area contributed by atoms with Gasteiger partial charge in [-0.05, 0) is 17.8 Å². The lowest BCUT2D eigenvalue weighted by molar-refractivity contribution is -0.385. The van der Waals surface area contributed by atoms with Gasteiger partial charge in [-0.3, -0.25) is 10.1 Å². The molecular formula is C11H11FN4O2S. The van der Waals surface area contributed by atoms with Gasteiger partial charge in [0.2, 0.25) is 0 Å². The fourth-order valence-corrected chi connectivity index (χ4v) is 2.34. The monoisotopic (exact) mass is 282 g/mol. The third-order valence-corrected chi connectivity index (χ3v) is 3.66. The molecule has 0 amide bonds. The van der Waals surface area contributed by atoms with Crippen molar-refractivity contribution in [1.82, 2.24) is 14.8 Å². The Hall–Kier alpha value is -1.96. The summed E-state index contributed by atoms with van der Waals surface area (Å²) >= 11 is 1.09. The Balaban J connectivity index is 2.28. The van der Waals surface area contributed by atoms with Gasteiger partial charge < -0.3 is 4.57 Å². The summed E-state index contributed by atoms with van der Waals surface area (Å²) in [5.74, 6) is 0.157. The molecular weight excluding hydrogens is 271 g/mol.